The van der Waals surface area contributed by atoms with Crippen molar-refractivity contribution < 1.29 is 9.52 Å². The van der Waals surface area contributed by atoms with E-state index in [1.807, 2.05) is 24.3 Å². The van der Waals surface area contributed by atoms with E-state index < -0.39 is 0 Å². The van der Waals surface area contributed by atoms with Crippen LogP contribution in [0.25, 0.3) is 17.5 Å². The normalized spacial score (nSPS) is 11.7. The number of oxazole rings is 1. The second-order valence-corrected chi connectivity index (χ2v) is 3.24. The Labute approximate surface area is 87.7 Å². The molecule has 3 nitrogen and oxygen atoms in total. The summed E-state index contributed by atoms with van der Waals surface area (Å²) in [5, 5.41) is 9.09. The molecule has 0 aliphatic carbocycles. The Bertz CT molecular complexity index is 451. The predicted molar refractivity (Wildman–Crippen MR) is 58.2 cm³/mol. The van der Waals surface area contributed by atoms with Gasteiger partial charge in [0.05, 0.1) is 12.0 Å². The van der Waals surface area contributed by atoms with Crippen LogP contribution in [0.5, 0.6) is 0 Å². The van der Waals surface area contributed by atoms with E-state index in [0.717, 1.165) is 11.1 Å². The fourth-order valence-corrected chi connectivity index (χ4v) is 1.33. The molecular weight excluding hydrogens is 190 g/mol. The molecule has 0 bridgehead atoms. The summed E-state index contributed by atoms with van der Waals surface area (Å²) in [6, 6.07) is 7.61. The molecule has 0 spiro atoms. The zero-order valence-electron chi connectivity index (χ0n) is 8.34. The minimum absolute atomic E-state index is 0.291. The maximum absolute atomic E-state index is 9.09. The summed E-state index contributed by atoms with van der Waals surface area (Å²) in [5.41, 5.74) is 1.87. The van der Waals surface area contributed by atoms with Crippen LogP contribution in [0.3, 0.4) is 0 Å². The summed E-state index contributed by atoms with van der Waals surface area (Å²) in [6.45, 7) is 1.64. The van der Waals surface area contributed by atoms with Gasteiger partial charge in [-0.2, -0.15) is 0 Å². The van der Waals surface area contributed by atoms with E-state index in [1.54, 1.807) is 25.5 Å². The molecule has 76 valence electrons. The highest BCUT2D eigenvalue weighted by Gasteiger charge is 2.00. The van der Waals surface area contributed by atoms with Crippen LogP contribution in [0.4, 0.5) is 0 Å². The van der Waals surface area contributed by atoms with Crippen LogP contribution in [-0.4, -0.2) is 10.1 Å². The van der Waals surface area contributed by atoms with Gasteiger partial charge in [0.15, 0.2) is 0 Å². The lowest BCUT2D eigenvalue weighted by molar-refractivity contribution is 0.420. The lowest BCUT2D eigenvalue weighted by Crippen LogP contribution is -1.79. The SMILES string of the molecule is C/C(O)=C\c1ccc(-c2ncco2)cc1. The Morgan fingerprint density at radius 3 is 2.60 bits per heavy atom. The van der Waals surface area contributed by atoms with E-state index in [4.69, 9.17) is 9.52 Å². The number of hydrogen-bond acceptors (Lipinski definition) is 3. The third-order valence-electron chi connectivity index (χ3n) is 1.97. The molecule has 0 aliphatic heterocycles. The quantitative estimate of drug-likeness (QED) is 0.758. The summed E-state index contributed by atoms with van der Waals surface area (Å²) in [4.78, 5) is 4.05. The molecule has 2 aromatic rings. The van der Waals surface area contributed by atoms with E-state index in [-0.39, 0.29) is 0 Å². The molecule has 3 heteroatoms. The van der Waals surface area contributed by atoms with Crippen molar-refractivity contribution >= 4 is 6.08 Å². The summed E-state index contributed by atoms with van der Waals surface area (Å²) in [6.07, 6.45) is 4.85. The topological polar surface area (TPSA) is 46.3 Å². The Kier molecular flexibility index (Phi) is 2.54. The van der Waals surface area contributed by atoms with Crippen LogP contribution < -0.4 is 0 Å². The Balaban J connectivity index is 2.29. The number of aliphatic hydroxyl groups excluding tert-OH is 1. The van der Waals surface area contributed by atoms with Crippen molar-refractivity contribution in [2.75, 3.05) is 0 Å². The smallest absolute Gasteiger partial charge is 0.225 e. The summed E-state index contributed by atoms with van der Waals surface area (Å²) in [7, 11) is 0. The molecule has 15 heavy (non-hydrogen) atoms. The van der Waals surface area contributed by atoms with E-state index in [0.29, 0.717) is 11.6 Å². The molecule has 1 N–H and O–H groups in total. The van der Waals surface area contributed by atoms with E-state index in [9.17, 15) is 0 Å². The van der Waals surface area contributed by atoms with Crippen LogP contribution in [-0.2, 0) is 0 Å². The minimum Gasteiger partial charge on any atom is -0.513 e. The third kappa shape index (κ3) is 2.26. The van der Waals surface area contributed by atoms with Crippen molar-refractivity contribution in [2.45, 2.75) is 6.92 Å². The summed E-state index contributed by atoms with van der Waals surface area (Å²) in [5.74, 6) is 0.894. The predicted octanol–water partition coefficient (Wildman–Crippen LogP) is 3.26. The van der Waals surface area contributed by atoms with Crippen LogP contribution in [0.2, 0.25) is 0 Å². The maximum Gasteiger partial charge on any atom is 0.225 e. The highest BCUT2D eigenvalue weighted by Crippen LogP contribution is 2.18. The molecule has 0 radical (unpaired) electrons. The molecular formula is C12H11NO2. The Morgan fingerprint density at radius 2 is 2.07 bits per heavy atom. The molecule has 0 unspecified atom stereocenters. The van der Waals surface area contributed by atoms with Gasteiger partial charge in [0, 0.05) is 5.56 Å². The Morgan fingerprint density at radius 1 is 1.33 bits per heavy atom. The zero-order chi connectivity index (χ0) is 10.7. The first-order valence-electron chi connectivity index (χ1n) is 4.63. The standard InChI is InChI=1S/C12H11NO2/c1-9(14)8-10-2-4-11(5-3-10)12-13-6-7-15-12/h2-8,14H,1H3/b9-8+. The van der Waals surface area contributed by atoms with Gasteiger partial charge in [-0.3, -0.25) is 0 Å². The van der Waals surface area contributed by atoms with Crippen molar-refractivity contribution in [2.24, 2.45) is 0 Å². The lowest BCUT2D eigenvalue weighted by atomic mass is 10.1. The van der Waals surface area contributed by atoms with Gasteiger partial charge in [0.1, 0.15) is 6.26 Å². The number of benzene rings is 1. The van der Waals surface area contributed by atoms with Crippen LogP contribution >= 0.6 is 0 Å². The fourth-order valence-electron chi connectivity index (χ4n) is 1.33. The summed E-state index contributed by atoms with van der Waals surface area (Å²) >= 11 is 0. The Hall–Kier alpha value is -2.03. The molecule has 0 fully saturated rings. The van der Waals surface area contributed by atoms with Gasteiger partial charge in [-0.05, 0) is 30.7 Å². The molecule has 0 saturated carbocycles. The van der Waals surface area contributed by atoms with Crippen LogP contribution in [0.1, 0.15) is 12.5 Å². The number of aliphatic hydroxyl groups is 1. The first-order valence-corrected chi connectivity index (χ1v) is 4.63. The second kappa shape index (κ2) is 4.00. The molecule has 1 aromatic carbocycles. The number of aromatic nitrogens is 1. The average Bonchev–Trinajstić information content (AvgIpc) is 2.71. The number of allylic oxidation sites excluding steroid dienone is 1. The van der Waals surface area contributed by atoms with E-state index in [2.05, 4.69) is 4.98 Å². The molecule has 0 saturated heterocycles. The number of rotatable bonds is 2. The third-order valence-corrected chi connectivity index (χ3v) is 1.97. The summed E-state index contributed by atoms with van der Waals surface area (Å²) < 4.78 is 5.16. The lowest BCUT2D eigenvalue weighted by Gasteiger charge is -1.97. The van der Waals surface area contributed by atoms with Crippen molar-refractivity contribution in [1.82, 2.24) is 4.98 Å². The van der Waals surface area contributed by atoms with E-state index >= 15 is 0 Å². The first kappa shape index (κ1) is 9.52. The van der Waals surface area contributed by atoms with Gasteiger partial charge in [0.2, 0.25) is 5.89 Å². The largest absolute Gasteiger partial charge is 0.513 e. The minimum atomic E-state index is 0.291. The molecule has 0 aliphatic rings. The second-order valence-electron chi connectivity index (χ2n) is 3.24. The van der Waals surface area contributed by atoms with Crippen LogP contribution in [0, 0.1) is 0 Å². The number of nitrogens with zero attached hydrogens (tertiary/aromatic N) is 1. The highest BCUT2D eigenvalue weighted by molar-refractivity contribution is 5.59. The monoisotopic (exact) mass is 201 g/mol. The number of hydrogen-bond donors (Lipinski definition) is 1. The van der Waals surface area contributed by atoms with E-state index in [1.165, 1.54) is 0 Å². The molecule has 0 atom stereocenters. The average molecular weight is 201 g/mol. The van der Waals surface area contributed by atoms with Crippen molar-refractivity contribution in [3.63, 3.8) is 0 Å². The van der Waals surface area contributed by atoms with Gasteiger partial charge in [0.25, 0.3) is 0 Å². The molecule has 0 amide bonds. The van der Waals surface area contributed by atoms with Crippen molar-refractivity contribution in [3.05, 3.63) is 48.0 Å². The van der Waals surface area contributed by atoms with Crippen LogP contribution in [0.15, 0.2) is 46.9 Å². The van der Waals surface area contributed by atoms with Gasteiger partial charge in [-0.1, -0.05) is 12.1 Å². The molecule has 1 heterocycles. The van der Waals surface area contributed by atoms with Gasteiger partial charge in [-0.15, -0.1) is 0 Å². The first-order chi connectivity index (χ1) is 7.25. The van der Waals surface area contributed by atoms with Gasteiger partial charge < -0.3 is 9.52 Å². The molecule has 1 aromatic heterocycles. The molecule has 2 rings (SSSR count). The van der Waals surface area contributed by atoms with Crippen molar-refractivity contribution in [1.29, 1.82) is 0 Å². The van der Waals surface area contributed by atoms with Gasteiger partial charge >= 0.3 is 0 Å². The van der Waals surface area contributed by atoms with Crippen molar-refractivity contribution in [3.8, 4) is 11.5 Å². The maximum atomic E-state index is 9.09. The zero-order valence-corrected chi connectivity index (χ0v) is 8.34. The highest BCUT2D eigenvalue weighted by atomic mass is 16.3. The fraction of sp³-hybridized carbons (Fsp3) is 0.0833. The van der Waals surface area contributed by atoms with Gasteiger partial charge in [-0.25, -0.2) is 4.98 Å².